The van der Waals surface area contributed by atoms with Crippen molar-refractivity contribution >= 4 is 0 Å². The molecule has 1 rings (SSSR count). The van der Waals surface area contributed by atoms with E-state index in [-0.39, 0.29) is 5.92 Å². The lowest BCUT2D eigenvalue weighted by Crippen LogP contribution is -2.19. The molecule has 0 saturated carbocycles. The van der Waals surface area contributed by atoms with Crippen LogP contribution in [0.1, 0.15) is 32.1 Å². The Balaban J connectivity index is 2.49. The molecule has 0 bridgehead atoms. The van der Waals surface area contributed by atoms with Crippen molar-refractivity contribution in [3.05, 3.63) is 36.5 Å². The zero-order chi connectivity index (χ0) is 10.9. The number of hydrogen-bond donors (Lipinski definition) is 2. The van der Waals surface area contributed by atoms with Gasteiger partial charge in [0.15, 0.2) is 6.29 Å². The quantitative estimate of drug-likeness (QED) is 0.650. The number of aliphatic hydroxyl groups excluding tert-OH is 1. The molecular formula is C13H20O2. The first-order valence-corrected chi connectivity index (χ1v) is 5.65. The second kappa shape index (κ2) is 7.43. The molecular weight excluding hydrogens is 188 g/mol. The predicted molar refractivity (Wildman–Crippen MR) is 62.2 cm³/mol. The van der Waals surface area contributed by atoms with E-state index in [1.807, 2.05) is 24.3 Å². The molecule has 2 nitrogen and oxygen atoms in total. The van der Waals surface area contributed by atoms with Crippen molar-refractivity contribution in [1.29, 1.82) is 0 Å². The van der Waals surface area contributed by atoms with E-state index >= 15 is 0 Å². The maximum Gasteiger partial charge on any atom is 0.154 e. The van der Waals surface area contributed by atoms with Crippen LogP contribution >= 0.6 is 0 Å². The third-order valence-corrected chi connectivity index (χ3v) is 2.68. The topological polar surface area (TPSA) is 40.5 Å². The molecule has 0 aromatic carbocycles. The minimum atomic E-state index is -1.17. The first-order valence-electron chi connectivity index (χ1n) is 5.65. The van der Waals surface area contributed by atoms with Crippen LogP contribution in [0.4, 0.5) is 0 Å². The van der Waals surface area contributed by atoms with E-state index in [4.69, 9.17) is 0 Å². The normalized spacial score (nSPS) is 30.2. The van der Waals surface area contributed by atoms with Gasteiger partial charge in [-0.05, 0) is 32.1 Å². The Kier molecular flexibility index (Phi) is 6.05. The highest BCUT2D eigenvalue weighted by Gasteiger charge is 2.14. The van der Waals surface area contributed by atoms with Crippen molar-refractivity contribution in [2.45, 2.75) is 38.4 Å². The van der Waals surface area contributed by atoms with Crippen molar-refractivity contribution in [1.82, 2.24) is 0 Å². The maximum atomic E-state index is 9.18. The molecule has 0 saturated heterocycles. The van der Waals surface area contributed by atoms with E-state index in [1.165, 1.54) is 0 Å². The fourth-order valence-electron chi connectivity index (χ4n) is 1.73. The van der Waals surface area contributed by atoms with Crippen molar-refractivity contribution < 1.29 is 10.2 Å². The second-order valence-corrected chi connectivity index (χ2v) is 3.92. The van der Waals surface area contributed by atoms with Gasteiger partial charge in [0.25, 0.3) is 0 Å². The van der Waals surface area contributed by atoms with Crippen molar-refractivity contribution in [2.24, 2.45) is 5.92 Å². The fourth-order valence-corrected chi connectivity index (χ4v) is 1.73. The van der Waals surface area contributed by atoms with Gasteiger partial charge in [-0.25, -0.2) is 0 Å². The molecule has 1 atom stereocenters. The number of allylic oxidation sites excluding steroid dienone is 6. The van der Waals surface area contributed by atoms with Gasteiger partial charge in [-0.3, -0.25) is 0 Å². The molecule has 0 radical (unpaired) electrons. The molecule has 0 amide bonds. The number of hydrogen-bond acceptors (Lipinski definition) is 2. The second-order valence-electron chi connectivity index (χ2n) is 3.92. The molecule has 84 valence electrons. The summed E-state index contributed by atoms with van der Waals surface area (Å²) < 4.78 is 0. The van der Waals surface area contributed by atoms with Gasteiger partial charge in [0, 0.05) is 5.92 Å². The smallest absolute Gasteiger partial charge is 0.154 e. The summed E-state index contributed by atoms with van der Waals surface area (Å²) in [6.07, 6.45) is 15.8. The third-order valence-electron chi connectivity index (χ3n) is 2.68. The van der Waals surface area contributed by atoms with Crippen LogP contribution in [0, 0.1) is 5.92 Å². The molecule has 1 unspecified atom stereocenters. The van der Waals surface area contributed by atoms with Gasteiger partial charge in [0.05, 0.1) is 0 Å². The van der Waals surface area contributed by atoms with Crippen LogP contribution in [0.2, 0.25) is 0 Å². The van der Waals surface area contributed by atoms with Crippen molar-refractivity contribution in [3.63, 3.8) is 0 Å². The highest BCUT2D eigenvalue weighted by molar-refractivity contribution is 5.11. The van der Waals surface area contributed by atoms with Crippen LogP contribution in [0.5, 0.6) is 0 Å². The van der Waals surface area contributed by atoms with Crippen LogP contribution < -0.4 is 0 Å². The summed E-state index contributed by atoms with van der Waals surface area (Å²) in [4.78, 5) is 0. The average Bonchev–Trinajstić information content (AvgIpc) is 2.18. The summed E-state index contributed by atoms with van der Waals surface area (Å²) in [6.45, 7) is 0. The SMILES string of the molecule is OC(O)C1CC\C=C/C=C\C=C\CCC1. The fraction of sp³-hybridized carbons (Fsp3) is 0.538. The molecule has 1 aliphatic carbocycles. The standard InChI is InChI=1S/C13H20O2/c14-13(15)12-10-8-6-4-2-1-3-5-7-9-11-12/h1-6,12-15H,7-11H2/b2-1-,5-3+,6-4-. The molecule has 2 N–H and O–H groups in total. The lowest BCUT2D eigenvalue weighted by Gasteiger charge is -2.17. The zero-order valence-corrected chi connectivity index (χ0v) is 9.05. The minimum Gasteiger partial charge on any atom is -0.368 e. The van der Waals surface area contributed by atoms with Gasteiger partial charge in [-0.1, -0.05) is 36.5 Å². The predicted octanol–water partition coefficient (Wildman–Crippen LogP) is 2.55. The lowest BCUT2D eigenvalue weighted by molar-refractivity contribution is -0.0880. The molecule has 15 heavy (non-hydrogen) atoms. The van der Waals surface area contributed by atoms with Gasteiger partial charge in [-0.15, -0.1) is 0 Å². The van der Waals surface area contributed by atoms with Crippen LogP contribution in [-0.2, 0) is 0 Å². The van der Waals surface area contributed by atoms with E-state index in [0.29, 0.717) is 0 Å². The third kappa shape index (κ3) is 5.55. The number of rotatable bonds is 1. The zero-order valence-electron chi connectivity index (χ0n) is 9.05. The Labute approximate surface area is 91.6 Å². The number of aliphatic hydroxyl groups is 2. The van der Waals surface area contributed by atoms with E-state index in [1.54, 1.807) is 0 Å². The molecule has 2 heteroatoms. The van der Waals surface area contributed by atoms with Crippen molar-refractivity contribution in [2.75, 3.05) is 0 Å². The molecule has 0 aromatic rings. The van der Waals surface area contributed by atoms with Gasteiger partial charge < -0.3 is 10.2 Å². The summed E-state index contributed by atoms with van der Waals surface area (Å²) in [5.41, 5.74) is 0. The summed E-state index contributed by atoms with van der Waals surface area (Å²) in [5, 5.41) is 18.4. The minimum absolute atomic E-state index is 0.0199. The summed E-state index contributed by atoms with van der Waals surface area (Å²) in [7, 11) is 0. The van der Waals surface area contributed by atoms with Gasteiger partial charge >= 0.3 is 0 Å². The summed E-state index contributed by atoms with van der Waals surface area (Å²) in [6, 6.07) is 0. The Morgan fingerprint density at radius 2 is 1.53 bits per heavy atom. The summed E-state index contributed by atoms with van der Waals surface area (Å²) in [5.74, 6) is 0.0199. The molecule has 0 fully saturated rings. The van der Waals surface area contributed by atoms with Gasteiger partial charge in [0.1, 0.15) is 0 Å². The first kappa shape index (κ1) is 12.2. The Morgan fingerprint density at radius 3 is 2.20 bits per heavy atom. The van der Waals surface area contributed by atoms with E-state index < -0.39 is 6.29 Å². The average molecular weight is 208 g/mol. The van der Waals surface area contributed by atoms with E-state index in [0.717, 1.165) is 32.1 Å². The van der Waals surface area contributed by atoms with Crippen LogP contribution in [0.15, 0.2) is 36.5 Å². The van der Waals surface area contributed by atoms with Gasteiger partial charge in [0.2, 0.25) is 0 Å². The molecule has 1 aliphatic rings. The van der Waals surface area contributed by atoms with Crippen molar-refractivity contribution in [3.8, 4) is 0 Å². The molecule has 0 aliphatic heterocycles. The first-order chi connectivity index (χ1) is 7.30. The van der Waals surface area contributed by atoms with Crippen LogP contribution in [0.3, 0.4) is 0 Å². The van der Waals surface area contributed by atoms with Crippen LogP contribution in [-0.4, -0.2) is 16.5 Å². The van der Waals surface area contributed by atoms with Gasteiger partial charge in [-0.2, -0.15) is 0 Å². The van der Waals surface area contributed by atoms with E-state index in [9.17, 15) is 10.2 Å². The van der Waals surface area contributed by atoms with E-state index in [2.05, 4.69) is 12.2 Å². The highest BCUT2D eigenvalue weighted by Crippen LogP contribution is 2.18. The van der Waals surface area contributed by atoms with Crippen LogP contribution in [0.25, 0.3) is 0 Å². The molecule has 0 spiro atoms. The maximum absolute atomic E-state index is 9.18. The lowest BCUT2D eigenvalue weighted by atomic mass is 9.95. The monoisotopic (exact) mass is 208 g/mol. The largest absolute Gasteiger partial charge is 0.368 e. The Hall–Kier alpha value is -0.860. The highest BCUT2D eigenvalue weighted by atomic mass is 16.5. The Bertz CT molecular complexity index is 239. The molecule has 0 aromatic heterocycles. The Morgan fingerprint density at radius 1 is 0.867 bits per heavy atom. The molecule has 0 heterocycles. The summed E-state index contributed by atoms with van der Waals surface area (Å²) >= 11 is 0.